The molecule has 0 atom stereocenters. The molecule has 1 amide bonds. The fourth-order valence-corrected chi connectivity index (χ4v) is 9.27. The van der Waals surface area contributed by atoms with Crippen molar-refractivity contribution in [3.8, 4) is 52.8 Å². The molecule has 0 saturated heterocycles. The monoisotopic (exact) mass is 1160 g/mol. The number of likely N-dealkylation sites (N-methyl/N-ethyl adjacent to an activating group) is 1. The molecule has 17 heteroatoms. The van der Waals surface area contributed by atoms with Crippen LogP contribution in [0.3, 0.4) is 0 Å². The summed E-state index contributed by atoms with van der Waals surface area (Å²) in [6, 6.07) is 34.3. The number of hydrogen-bond donors (Lipinski definition) is 3. The third-order valence-electron chi connectivity index (χ3n) is 13.8. The number of carboxylic acids is 1. The lowest BCUT2D eigenvalue weighted by molar-refractivity contribution is -0.870. The number of pyridine rings is 3. The van der Waals surface area contributed by atoms with Crippen LogP contribution < -0.4 is 25.3 Å². The van der Waals surface area contributed by atoms with Gasteiger partial charge in [-0.15, -0.1) is 0 Å². The maximum Gasteiger partial charge on any atom is 0.317 e. The van der Waals surface area contributed by atoms with Gasteiger partial charge >= 0.3 is 5.97 Å². The smallest absolute Gasteiger partial charge is 0.317 e. The number of carboxylic acid groups (broad SMARTS) is 1. The number of nitrogens with two attached hydrogens (primary N) is 1. The van der Waals surface area contributed by atoms with E-state index in [0.717, 1.165) is 91.2 Å². The standard InChI is InChI=1S/C69H82N10O7/c1-9-75-43-58-37-55(17-15-54-24-30-67(31-25-54)86-51-68(81)71-33-35-79(6,7)8)38-59(72-58)44-76(10-2)46-61-40-57(19-16-53-22-28-66(29-23-53)85-50-64(80)13-11-34-78(3,4)5)42-63(74-61)48-77(49-69(82)83)47-62-41-56(39-60(45-75)73-62)18-14-52-20-26-65(27-21-52)84-36-12-32-70/h20-31,37-42H,9-13,32-36,43-51,70H2,1-8H3/p+2. The highest BCUT2D eigenvalue weighted by molar-refractivity contribution is 5.80. The zero-order chi connectivity index (χ0) is 61.5. The van der Waals surface area contributed by atoms with E-state index in [9.17, 15) is 19.5 Å². The second kappa shape index (κ2) is 32.2. The molecule has 4 N–H and O–H groups in total. The van der Waals surface area contributed by atoms with Crippen molar-refractivity contribution in [3.63, 3.8) is 0 Å². The molecule has 0 spiro atoms. The number of benzene rings is 3. The molecule has 17 nitrogen and oxygen atoms in total. The number of carbonyl (C=O) groups is 3. The van der Waals surface area contributed by atoms with Gasteiger partial charge in [-0.25, -0.2) is 0 Å². The number of carbonyl (C=O) groups excluding carboxylic acids is 2. The number of nitrogens with zero attached hydrogens (tertiary/aromatic N) is 8. The van der Waals surface area contributed by atoms with Crippen LogP contribution in [0.15, 0.2) is 109 Å². The summed E-state index contributed by atoms with van der Waals surface area (Å²) in [5.41, 5.74) is 14.8. The van der Waals surface area contributed by atoms with E-state index < -0.39 is 5.97 Å². The van der Waals surface area contributed by atoms with E-state index in [1.165, 1.54) is 0 Å². The average Bonchev–Trinajstić information content (AvgIpc) is 2.45. The molecule has 0 unspecified atom stereocenters. The first kappa shape index (κ1) is 65.1. The number of amides is 1. The number of nitrogens with one attached hydrogen (secondary N) is 1. The molecule has 0 fully saturated rings. The Bertz CT molecular complexity index is 3430. The fraction of sp³-hybridized carbons (Fsp3) is 0.391. The predicted octanol–water partition coefficient (Wildman–Crippen LogP) is 6.88. The Balaban J connectivity index is 1.21. The third kappa shape index (κ3) is 23.5. The van der Waals surface area contributed by atoms with Crippen molar-refractivity contribution in [2.45, 2.75) is 72.4 Å². The van der Waals surface area contributed by atoms with Gasteiger partial charge in [-0.3, -0.25) is 44.0 Å². The molecule has 4 heterocycles. The number of hydrogen-bond acceptors (Lipinski definition) is 13. The van der Waals surface area contributed by atoms with Crippen molar-refractivity contribution in [1.29, 1.82) is 0 Å². The number of quaternary nitrogens is 2. The van der Waals surface area contributed by atoms with Gasteiger partial charge in [0.05, 0.1) is 109 Å². The first-order chi connectivity index (χ1) is 41.2. The van der Waals surface area contributed by atoms with E-state index in [4.69, 9.17) is 34.9 Å². The topological polar surface area (TPSA) is 186 Å². The minimum atomic E-state index is -0.981. The van der Waals surface area contributed by atoms with E-state index in [2.05, 4.69) is 107 Å². The Morgan fingerprint density at radius 1 is 0.512 bits per heavy atom. The van der Waals surface area contributed by atoms with Crippen LogP contribution in [0.2, 0.25) is 0 Å². The van der Waals surface area contributed by atoms with Gasteiger partial charge in [0, 0.05) is 85.5 Å². The van der Waals surface area contributed by atoms with Gasteiger partial charge in [0.15, 0.2) is 12.4 Å². The highest BCUT2D eigenvalue weighted by atomic mass is 16.5. The molecule has 0 radical (unpaired) electrons. The minimum Gasteiger partial charge on any atom is -0.494 e. The van der Waals surface area contributed by atoms with Crippen LogP contribution in [-0.4, -0.2) is 169 Å². The SMILES string of the molecule is CCN1Cc2cc(C#Cc3ccc(OCC(=O)NCC[N+](C)(C)C)cc3)cc(n2)CN(CC)Cc2cc(C#Cc3ccc(OCC(=O)CCC[N+](C)(C)C)cc3)cc(n2)CN(CC(=O)O)Cc2cc(C#Cc3ccc(OCCCN)cc3)cc(n2)C1. The highest BCUT2D eigenvalue weighted by Crippen LogP contribution is 2.21. The molecule has 7 rings (SSSR count). The van der Waals surface area contributed by atoms with Crippen LogP contribution in [0.25, 0.3) is 0 Å². The van der Waals surface area contributed by atoms with Crippen LogP contribution >= 0.6 is 0 Å². The largest absolute Gasteiger partial charge is 0.494 e. The molecular weight excluding hydrogens is 1080 g/mol. The molecule has 0 saturated carbocycles. The molecular formula is C69H84N10O7+2. The molecule has 1 aliphatic heterocycles. The summed E-state index contributed by atoms with van der Waals surface area (Å²) in [5, 5.41) is 13.3. The lowest BCUT2D eigenvalue weighted by Crippen LogP contribution is -2.42. The number of ketones is 1. The van der Waals surface area contributed by atoms with Crippen LogP contribution in [0.1, 0.15) is 101 Å². The minimum absolute atomic E-state index is 0.0140. The zero-order valence-electron chi connectivity index (χ0n) is 51.4. The summed E-state index contributed by atoms with van der Waals surface area (Å²) in [4.78, 5) is 59.7. The average molecular weight is 1170 g/mol. The molecule has 3 aromatic carbocycles. The number of Topliss-reactive ketones (excluding diaryl/α,β-unsaturated/α-hetero) is 1. The number of aromatic nitrogens is 3. The van der Waals surface area contributed by atoms with Gasteiger partial charge in [0.2, 0.25) is 0 Å². The van der Waals surface area contributed by atoms with Gasteiger partial charge in [-0.1, -0.05) is 49.4 Å². The van der Waals surface area contributed by atoms with E-state index >= 15 is 0 Å². The van der Waals surface area contributed by atoms with E-state index in [0.29, 0.717) is 93.8 Å². The summed E-state index contributed by atoms with van der Waals surface area (Å²) in [6.07, 6.45) is 2.03. The molecule has 6 aromatic rings. The van der Waals surface area contributed by atoms with Gasteiger partial charge in [-0.05, 0) is 135 Å². The number of fused-ring (bicyclic) bond motifs is 6. The van der Waals surface area contributed by atoms with Gasteiger partial charge in [0.1, 0.15) is 23.9 Å². The number of aliphatic carboxylic acids is 1. The van der Waals surface area contributed by atoms with Crippen LogP contribution in [0, 0.1) is 35.5 Å². The summed E-state index contributed by atoms with van der Waals surface area (Å²) < 4.78 is 19.0. The fourth-order valence-electron chi connectivity index (χ4n) is 9.27. The maximum absolute atomic E-state index is 12.6. The van der Waals surface area contributed by atoms with Crippen molar-refractivity contribution in [3.05, 3.63) is 177 Å². The molecule has 86 heavy (non-hydrogen) atoms. The summed E-state index contributed by atoms with van der Waals surface area (Å²) in [6.45, 7) is 10.9. The van der Waals surface area contributed by atoms with Crippen molar-refractivity contribution in [2.75, 3.05) is 108 Å². The van der Waals surface area contributed by atoms with Crippen molar-refractivity contribution in [1.82, 2.24) is 35.0 Å². The lowest BCUT2D eigenvalue weighted by Gasteiger charge is -2.24. The quantitative estimate of drug-likeness (QED) is 0.0385. The van der Waals surface area contributed by atoms with Gasteiger partial charge in [-0.2, -0.15) is 0 Å². The van der Waals surface area contributed by atoms with Crippen molar-refractivity contribution < 1.29 is 42.7 Å². The second-order valence-electron chi connectivity index (χ2n) is 23.6. The van der Waals surface area contributed by atoms with Crippen molar-refractivity contribution >= 4 is 17.7 Å². The molecule has 6 bridgehead atoms. The van der Waals surface area contributed by atoms with E-state index in [-0.39, 0.29) is 44.5 Å². The molecule has 450 valence electrons. The zero-order valence-corrected chi connectivity index (χ0v) is 51.4. The molecule has 1 aliphatic rings. The van der Waals surface area contributed by atoms with Gasteiger partial charge in [0.25, 0.3) is 5.91 Å². The Hall–Kier alpha value is -8.44. The van der Waals surface area contributed by atoms with E-state index in [1.54, 1.807) is 0 Å². The van der Waals surface area contributed by atoms with E-state index in [1.807, 2.05) is 114 Å². The maximum atomic E-state index is 12.6. The highest BCUT2D eigenvalue weighted by Gasteiger charge is 2.19. The van der Waals surface area contributed by atoms with Crippen LogP contribution in [-0.2, 0) is 53.7 Å². The normalized spacial score (nSPS) is 13.3. The first-order valence-corrected chi connectivity index (χ1v) is 29.5. The number of ether oxygens (including phenoxy) is 3. The lowest BCUT2D eigenvalue weighted by atomic mass is 10.1. The molecule has 0 aliphatic carbocycles. The van der Waals surface area contributed by atoms with Crippen LogP contribution in [0.4, 0.5) is 0 Å². The Morgan fingerprint density at radius 2 is 0.872 bits per heavy atom. The Kier molecular flexibility index (Phi) is 24.4. The summed E-state index contributed by atoms with van der Waals surface area (Å²) in [5.74, 6) is 20.9. The second-order valence-corrected chi connectivity index (χ2v) is 23.6. The first-order valence-electron chi connectivity index (χ1n) is 29.5. The number of rotatable bonds is 21. The van der Waals surface area contributed by atoms with Crippen LogP contribution in [0.5, 0.6) is 17.2 Å². The predicted molar refractivity (Wildman–Crippen MR) is 335 cm³/mol. The summed E-state index contributed by atoms with van der Waals surface area (Å²) >= 11 is 0. The summed E-state index contributed by atoms with van der Waals surface area (Å²) in [7, 11) is 12.6. The molecule has 3 aromatic heterocycles. The Morgan fingerprint density at radius 3 is 1.23 bits per heavy atom. The van der Waals surface area contributed by atoms with Gasteiger partial charge < -0.3 is 39.3 Å². The third-order valence-corrected chi connectivity index (χ3v) is 13.8. The Labute approximate surface area is 508 Å². The van der Waals surface area contributed by atoms with Crippen molar-refractivity contribution in [2.24, 2.45) is 5.73 Å².